The molecule has 1 amide bonds. The number of pyridine rings is 1. The smallest absolute Gasteiger partial charge is 0.256 e. The molecule has 1 aliphatic rings. The molecule has 1 saturated heterocycles. The molecular weight excluding hydrogens is 418 g/mol. The molecule has 1 aromatic carbocycles. The molecule has 1 fully saturated rings. The lowest BCUT2D eigenvalue weighted by Crippen LogP contribution is -2.47. The summed E-state index contributed by atoms with van der Waals surface area (Å²) in [7, 11) is -3.24. The Morgan fingerprint density at radius 2 is 1.93 bits per heavy atom. The largest absolute Gasteiger partial charge is 0.338 e. The van der Waals surface area contributed by atoms with Crippen LogP contribution < -0.4 is 4.72 Å². The SMILES string of the molecule is CCCS(=O)(=O)NC1CCN(C(=O)c2cccnc2Sc2ccc(C)c(C)c2)CC1. The minimum absolute atomic E-state index is 0.0516. The van der Waals surface area contributed by atoms with Crippen molar-refractivity contribution in [2.45, 2.75) is 56.0 Å². The fraction of sp³-hybridized carbons (Fsp3) is 0.455. The number of piperidine rings is 1. The topological polar surface area (TPSA) is 79.4 Å². The van der Waals surface area contributed by atoms with E-state index in [0.29, 0.717) is 42.9 Å². The van der Waals surface area contributed by atoms with Crippen molar-refractivity contribution in [1.82, 2.24) is 14.6 Å². The molecule has 0 aliphatic carbocycles. The third-order valence-electron chi connectivity index (χ3n) is 5.30. The third-order valence-corrected chi connectivity index (χ3v) is 7.94. The second-order valence-electron chi connectivity index (χ2n) is 7.71. The van der Waals surface area contributed by atoms with Crippen LogP contribution in [0.1, 0.15) is 47.7 Å². The van der Waals surface area contributed by atoms with Crippen molar-refractivity contribution in [1.29, 1.82) is 0 Å². The van der Waals surface area contributed by atoms with E-state index >= 15 is 0 Å². The standard InChI is InChI=1S/C22H29N3O3S2/c1-4-14-30(27,28)24-18-9-12-25(13-10-18)22(26)20-6-5-11-23-21(20)29-19-8-7-16(2)17(3)15-19/h5-8,11,15,18,24H,4,9-10,12-14H2,1-3H3. The van der Waals surface area contributed by atoms with Gasteiger partial charge in [-0.05, 0) is 68.5 Å². The highest BCUT2D eigenvalue weighted by atomic mass is 32.2. The van der Waals surface area contributed by atoms with Crippen LogP contribution in [0.3, 0.4) is 0 Å². The summed E-state index contributed by atoms with van der Waals surface area (Å²) in [5.41, 5.74) is 3.02. The number of carbonyl (C=O) groups excluding carboxylic acids is 1. The van der Waals surface area contributed by atoms with Gasteiger partial charge >= 0.3 is 0 Å². The lowest BCUT2D eigenvalue weighted by Gasteiger charge is -2.32. The lowest BCUT2D eigenvalue weighted by molar-refractivity contribution is 0.0707. The van der Waals surface area contributed by atoms with Crippen molar-refractivity contribution in [3.05, 3.63) is 53.2 Å². The molecule has 2 aromatic rings. The van der Waals surface area contributed by atoms with Crippen LogP contribution >= 0.6 is 11.8 Å². The van der Waals surface area contributed by atoms with E-state index in [9.17, 15) is 13.2 Å². The van der Waals surface area contributed by atoms with Gasteiger partial charge in [-0.15, -0.1) is 0 Å². The van der Waals surface area contributed by atoms with Crippen LogP contribution in [-0.4, -0.2) is 49.1 Å². The van der Waals surface area contributed by atoms with Crippen LogP contribution in [0.4, 0.5) is 0 Å². The predicted octanol–water partition coefficient (Wildman–Crippen LogP) is 3.78. The number of hydrogen-bond donors (Lipinski definition) is 1. The van der Waals surface area contributed by atoms with Gasteiger partial charge in [-0.1, -0.05) is 24.8 Å². The van der Waals surface area contributed by atoms with Gasteiger partial charge in [-0.25, -0.2) is 18.1 Å². The number of aromatic nitrogens is 1. The van der Waals surface area contributed by atoms with E-state index in [2.05, 4.69) is 35.7 Å². The number of sulfonamides is 1. The van der Waals surface area contributed by atoms with Gasteiger partial charge in [0, 0.05) is 30.2 Å². The number of nitrogens with one attached hydrogen (secondary N) is 1. The monoisotopic (exact) mass is 447 g/mol. The zero-order valence-corrected chi connectivity index (χ0v) is 19.4. The number of nitrogens with zero attached hydrogens (tertiary/aromatic N) is 2. The molecule has 0 spiro atoms. The molecule has 6 nitrogen and oxygen atoms in total. The molecule has 0 unspecified atom stereocenters. The van der Waals surface area contributed by atoms with Crippen LogP contribution in [-0.2, 0) is 10.0 Å². The van der Waals surface area contributed by atoms with Crippen LogP contribution in [0, 0.1) is 13.8 Å². The molecule has 0 atom stereocenters. The van der Waals surface area contributed by atoms with Crippen molar-refractivity contribution < 1.29 is 13.2 Å². The summed E-state index contributed by atoms with van der Waals surface area (Å²) in [5.74, 6) is 0.0882. The van der Waals surface area contributed by atoms with Gasteiger partial charge in [0.05, 0.1) is 11.3 Å². The summed E-state index contributed by atoms with van der Waals surface area (Å²) >= 11 is 1.49. The summed E-state index contributed by atoms with van der Waals surface area (Å²) < 4.78 is 26.8. The summed E-state index contributed by atoms with van der Waals surface area (Å²) in [5, 5.41) is 0.691. The normalized spacial score (nSPS) is 15.4. The molecule has 1 aliphatic heterocycles. The first kappa shape index (κ1) is 22.8. The number of benzene rings is 1. The van der Waals surface area contributed by atoms with Crippen molar-refractivity contribution in [2.24, 2.45) is 0 Å². The Labute approximate surface area is 183 Å². The quantitative estimate of drug-likeness (QED) is 0.699. The molecule has 162 valence electrons. The van der Waals surface area contributed by atoms with Crippen molar-refractivity contribution in [2.75, 3.05) is 18.8 Å². The highest BCUT2D eigenvalue weighted by Gasteiger charge is 2.27. The number of carbonyl (C=O) groups is 1. The second-order valence-corrected chi connectivity index (χ2v) is 10.6. The van der Waals surface area contributed by atoms with Gasteiger partial charge in [0.25, 0.3) is 5.91 Å². The van der Waals surface area contributed by atoms with Crippen LogP contribution in [0.15, 0.2) is 46.5 Å². The zero-order valence-electron chi connectivity index (χ0n) is 17.7. The molecule has 0 saturated carbocycles. The van der Waals surface area contributed by atoms with E-state index < -0.39 is 10.0 Å². The van der Waals surface area contributed by atoms with E-state index in [0.717, 1.165) is 4.90 Å². The van der Waals surface area contributed by atoms with Crippen molar-refractivity contribution in [3.8, 4) is 0 Å². The maximum atomic E-state index is 13.2. The highest BCUT2D eigenvalue weighted by molar-refractivity contribution is 7.99. The summed E-state index contributed by atoms with van der Waals surface area (Å²) in [4.78, 5) is 20.5. The number of aryl methyl sites for hydroxylation is 2. The Balaban J connectivity index is 1.67. The van der Waals surface area contributed by atoms with E-state index in [-0.39, 0.29) is 17.7 Å². The predicted molar refractivity (Wildman–Crippen MR) is 120 cm³/mol. The first-order valence-electron chi connectivity index (χ1n) is 10.3. The maximum Gasteiger partial charge on any atom is 0.256 e. The summed E-state index contributed by atoms with van der Waals surface area (Å²) in [6, 6.07) is 9.72. The third kappa shape index (κ3) is 5.83. The Morgan fingerprint density at radius 1 is 1.20 bits per heavy atom. The molecule has 0 bridgehead atoms. The van der Waals surface area contributed by atoms with Gasteiger partial charge in [0.1, 0.15) is 5.03 Å². The first-order chi connectivity index (χ1) is 14.3. The average molecular weight is 448 g/mol. The Hall–Kier alpha value is -1.90. The zero-order chi connectivity index (χ0) is 21.7. The van der Waals surface area contributed by atoms with Gasteiger partial charge in [0.15, 0.2) is 0 Å². The lowest BCUT2D eigenvalue weighted by atomic mass is 10.1. The Kier molecular flexibility index (Phi) is 7.55. The fourth-order valence-electron chi connectivity index (χ4n) is 3.48. The number of hydrogen-bond acceptors (Lipinski definition) is 5. The maximum absolute atomic E-state index is 13.2. The molecule has 1 N–H and O–H groups in total. The minimum atomic E-state index is -3.24. The van der Waals surface area contributed by atoms with Crippen molar-refractivity contribution >= 4 is 27.7 Å². The first-order valence-corrected chi connectivity index (χ1v) is 12.8. The van der Waals surface area contributed by atoms with E-state index in [1.165, 1.54) is 22.9 Å². The number of amides is 1. The minimum Gasteiger partial charge on any atom is -0.338 e. The Morgan fingerprint density at radius 3 is 2.60 bits per heavy atom. The van der Waals surface area contributed by atoms with Gasteiger partial charge in [-0.3, -0.25) is 4.79 Å². The van der Waals surface area contributed by atoms with Crippen LogP contribution in [0.2, 0.25) is 0 Å². The van der Waals surface area contributed by atoms with Crippen LogP contribution in [0.25, 0.3) is 0 Å². The molecular formula is C22H29N3O3S2. The van der Waals surface area contributed by atoms with Crippen LogP contribution in [0.5, 0.6) is 0 Å². The summed E-state index contributed by atoms with van der Waals surface area (Å²) in [6.07, 6.45) is 3.53. The highest BCUT2D eigenvalue weighted by Crippen LogP contribution is 2.31. The molecule has 1 aromatic heterocycles. The average Bonchev–Trinajstić information content (AvgIpc) is 2.71. The van der Waals surface area contributed by atoms with Gasteiger partial charge < -0.3 is 4.90 Å². The second kappa shape index (κ2) is 9.94. The molecule has 0 radical (unpaired) electrons. The van der Waals surface area contributed by atoms with E-state index in [1.54, 1.807) is 17.2 Å². The number of rotatable bonds is 7. The number of likely N-dealkylation sites (tertiary alicyclic amines) is 1. The van der Waals surface area contributed by atoms with Gasteiger partial charge in [0.2, 0.25) is 10.0 Å². The summed E-state index contributed by atoms with van der Waals surface area (Å²) in [6.45, 7) is 7.05. The molecule has 2 heterocycles. The Bertz CT molecular complexity index is 1000. The van der Waals surface area contributed by atoms with Crippen molar-refractivity contribution in [3.63, 3.8) is 0 Å². The fourth-order valence-corrected chi connectivity index (χ4v) is 5.85. The molecule has 8 heteroatoms. The van der Waals surface area contributed by atoms with Gasteiger partial charge in [-0.2, -0.15) is 0 Å². The van der Waals surface area contributed by atoms with E-state index in [4.69, 9.17) is 0 Å². The van der Waals surface area contributed by atoms with E-state index in [1.807, 2.05) is 19.1 Å². The molecule has 30 heavy (non-hydrogen) atoms. The molecule has 3 rings (SSSR count).